The fourth-order valence-corrected chi connectivity index (χ4v) is 7.76. The van der Waals surface area contributed by atoms with Gasteiger partial charge in [0.1, 0.15) is 0 Å². The molecule has 0 aliphatic heterocycles. The van der Waals surface area contributed by atoms with Crippen molar-refractivity contribution < 1.29 is 9.59 Å². The molecule has 2 atom stereocenters. The quantitative estimate of drug-likeness (QED) is 0.0477. The normalized spacial score (nSPS) is 20.2. The van der Waals surface area contributed by atoms with Crippen molar-refractivity contribution >= 4 is 12.2 Å². The van der Waals surface area contributed by atoms with Gasteiger partial charge in [-0.15, -0.1) is 0 Å². The van der Waals surface area contributed by atoms with Gasteiger partial charge in [-0.1, -0.05) is 155 Å². The second kappa shape index (κ2) is 28.5. The molecular formula is C38H70N2O2. The highest BCUT2D eigenvalue weighted by Crippen LogP contribution is 2.51. The molecule has 0 aromatic carbocycles. The summed E-state index contributed by atoms with van der Waals surface area (Å²) in [6.45, 7) is 5.96. The van der Waals surface area contributed by atoms with Crippen LogP contribution in [0.15, 0.2) is 9.98 Å². The monoisotopic (exact) mass is 587 g/mol. The summed E-state index contributed by atoms with van der Waals surface area (Å²) in [7, 11) is 0. The molecular weight excluding hydrogens is 516 g/mol. The van der Waals surface area contributed by atoms with Gasteiger partial charge in [-0.25, -0.2) is 19.6 Å². The maximum absolute atomic E-state index is 10.3. The Hall–Kier alpha value is -1.24. The number of hydrogen-bond acceptors (Lipinski definition) is 4. The molecule has 1 rings (SSSR count). The molecule has 0 saturated heterocycles. The van der Waals surface area contributed by atoms with Gasteiger partial charge in [0, 0.05) is 0 Å². The third kappa shape index (κ3) is 20.6. The fourth-order valence-electron chi connectivity index (χ4n) is 7.76. The Morgan fingerprint density at radius 1 is 0.524 bits per heavy atom. The van der Waals surface area contributed by atoms with Crippen molar-refractivity contribution in [3.05, 3.63) is 0 Å². The Kier molecular flexibility index (Phi) is 26.3. The molecule has 0 radical (unpaired) electrons. The van der Waals surface area contributed by atoms with Crippen molar-refractivity contribution in [3.63, 3.8) is 0 Å². The lowest BCUT2D eigenvalue weighted by Gasteiger charge is -2.46. The van der Waals surface area contributed by atoms with E-state index in [0.29, 0.717) is 18.5 Å². The van der Waals surface area contributed by atoms with Crippen molar-refractivity contribution in [2.24, 2.45) is 27.2 Å². The van der Waals surface area contributed by atoms with Crippen LogP contribution >= 0.6 is 0 Å². The summed E-state index contributed by atoms with van der Waals surface area (Å²) in [6.07, 6.45) is 43.0. The van der Waals surface area contributed by atoms with Gasteiger partial charge in [-0.05, 0) is 62.2 Å². The largest absolute Gasteiger partial charge is 0.234 e. The van der Waals surface area contributed by atoms with Gasteiger partial charge in [0.15, 0.2) is 0 Å². The highest BCUT2D eigenvalue weighted by Gasteiger charge is 2.39. The van der Waals surface area contributed by atoms with Crippen LogP contribution in [0, 0.1) is 17.3 Å². The molecule has 2 unspecified atom stereocenters. The Balaban J connectivity index is 2.65. The first-order valence-electron chi connectivity index (χ1n) is 18.8. The zero-order valence-electron chi connectivity index (χ0n) is 28.3. The number of rotatable bonds is 30. The maximum atomic E-state index is 10.3. The van der Waals surface area contributed by atoms with E-state index in [1.807, 2.05) is 0 Å². The smallest absolute Gasteiger partial charge is 0.211 e. The minimum atomic E-state index is 0.588. The van der Waals surface area contributed by atoms with Crippen LogP contribution in [0.2, 0.25) is 0 Å². The fraction of sp³-hybridized carbons (Fsp3) is 0.947. The van der Waals surface area contributed by atoms with Crippen LogP contribution in [0.1, 0.15) is 200 Å². The number of isocyanates is 2. The molecule has 4 heteroatoms. The van der Waals surface area contributed by atoms with Crippen LogP contribution in [0.25, 0.3) is 0 Å². The Labute approximate surface area is 261 Å². The number of aliphatic imine (C=N–C) groups is 2. The molecule has 42 heavy (non-hydrogen) atoms. The topological polar surface area (TPSA) is 58.9 Å². The molecule has 0 aromatic heterocycles. The third-order valence-corrected chi connectivity index (χ3v) is 10.3. The van der Waals surface area contributed by atoms with E-state index in [9.17, 15) is 9.59 Å². The second-order valence-electron chi connectivity index (χ2n) is 13.9. The van der Waals surface area contributed by atoms with E-state index in [4.69, 9.17) is 0 Å². The van der Waals surface area contributed by atoms with E-state index >= 15 is 0 Å². The van der Waals surface area contributed by atoms with Crippen molar-refractivity contribution in [2.45, 2.75) is 200 Å². The molecule has 0 bridgehead atoms. The van der Waals surface area contributed by atoms with Gasteiger partial charge in [-0.3, -0.25) is 0 Å². The molecule has 1 saturated carbocycles. The van der Waals surface area contributed by atoms with E-state index < -0.39 is 0 Å². The van der Waals surface area contributed by atoms with E-state index in [0.717, 1.165) is 24.7 Å². The summed E-state index contributed by atoms with van der Waals surface area (Å²) in [5, 5.41) is 0. The first-order chi connectivity index (χ1) is 20.7. The molecule has 0 aromatic rings. The van der Waals surface area contributed by atoms with E-state index in [1.165, 1.54) is 173 Å². The number of unbranched alkanes of at least 4 members (excludes halogenated alkanes) is 18. The standard InChI is InChI=1S/C38H70N2O2/c1-3-5-7-9-14-20-25-36-27-30-38(33-37(36)26-19-8-6-4-2,28-21-15-10-12-17-23-31-39-34-41)29-22-16-11-13-18-24-32-40-35-42/h36-37H,3-33H2,1-2H3. The third-order valence-electron chi connectivity index (χ3n) is 10.3. The lowest BCUT2D eigenvalue weighted by Crippen LogP contribution is -2.34. The number of carbonyl (C=O) groups excluding carboxylic acids is 2. The van der Waals surface area contributed by atoms with E-state index in [2.05, 4.69) is 23.8 Å². The number of hydrogen-bond donors (Lipinski definition) is 0. The second-order valence-corrected chi connectivity index (χ2v) is 13.9. The van der Waals surface area contributed by atoms with Crippen molar-refractivity contribution in [2.75, 3.05) is 13.1 Å². The molecule has 1 aliphatic carbocycles. The molecule has 244 valence electrons. The van der Waals surface area contributed by atoms with Gasteiger partial charge in [0.25, 0.3) is 0 Å². The predicted octanol–water partition coefficient (Wildman–Crippen LogP) is 12.2. The lowest BCUT2D eigenvalue weighted by atomic mass is 9.59. The summed E-state index contributed by atoms with van der Waals surface area (Å²) in [6, 6.07) is 0. The van der Waals surface area contributed by atoms with Crippen LogP contribution in [-0.2, 0) is 9.59 Å². The molecule has 0 spiro atoms. The first kappa shape index (κ1) is 38.8. The number of nitrogens with zero attached hydrogens (tertiary/aromatic N) is 2. The van der Waals surface area contributed by atoms with E-state index in [-0.39, 0.29) is 0 Å². The summed E-state index contributed by atoms with van der Waals surface area (Å²) in [5.41, 5.74) is 0.588. The zero-order valence-corrected chi connectivity index (χ0v) is 28.3. The minimum absolute atomic E-state index is 0.588. The predicted molar refractivity (Wildman–Crippen MR) is 181 cm³/mol. The SMILES string of the molecule is CCCCCCCCC1CCC(CCCCCCCCN=C=O)(CCCCCCCCN=C=O)CC1CCCCCC. The highest BCUT2D eigenvalue weighted by atomic mass is 16.1. The van der Waals surface area contributed by atoms with Gasteiger partial charge in [0.05, 0.1) is 13.1 Å². The molecule has 0 heterocycles. The van der Waals surface area contributed by atoms with Gasteiger partial charge in [-0.2, -0.15) is 0 Å². The van der Waals surface area contributed by atoms with E-state index in [1.54, 1.807) is 12.2 Å². The Morgan fingerprint density at radius 3 is 1.43 bits per heavy atom. The van der Waals surface area contributed by atoms with Crippen LogP contribution in [0.4, 0.5) is 0 Å². The van der Waals surface area contributed by atoms with Gasteiger partial charge in [0.2, 0.25) is 12.2 Å². The Bertz CT molecular complexity index is 661. The first-order valence-corrected chi connectivity index (χ1v) is 18.8. The molecule has 1 fully saturated rings. The van der Waals surface area contributed by atoms with Crippen LogP contribution in [0.5, 0.6) is 0 Å². The highest BCUT2D eigenvalue weighted by molar-refractivity contribution is 5.32. The minimum Gasteiger partial charge on any atom is -0.211 e. The molecule has 1 aliphatic rings. The lowest BCUT2D eigenvalue weighted by molar-refractivity contribution is 0.0535. The van der Waals surface area contributed by atoms with Gasteiger partial charge >= 0.3 is 0 Å². The van der Waals surface area contributed by atoms with Crippen LogP contribution in [0.3, 0.4) is 0 Å². The summed E-state index contributed by atoms with van der Waals surface area (Å²) in [4.78, 5) is 27.9. The van der Waals surface area contributed by atoms with Crippen LogP contribution < -0.4 is 0 Å². The zero-order chi connectivity index (χ0) is 30.4. The molecule has 0 amide bonds. The summed E-state index contributed by atoms with van der Waals surface area (Å²) in [5.74, 6) is 1.94. The summed E-state index contributed by atoms with van der Waals surface area (Å²) < 4.78 is 0. The molecule has 0 N–H and O–H groups in total. The van der Waals surface area contributed by atoms with Crippen molar-refractivity contribution in [1.29, 1.82) is 0 Å². The average molecular weight is 587 g/mol. The Morgan fingerprint density at radius 2 is 0.929 bits per heavy atom. The van der Waals surface area contributed by atoms with Gasteiger partial charge < -0.3 is 0 Å². The molecule has 4 nitrogen and oxygen atoms in total. The maximum Gasteiger partial charge on any atom is 0.234 e. The summed E-state index contributed by atoms with van der Waals surface area (Å²) >= 11 is 0. The van der Waals surface area contributed by atoms with Crippen molar-refractivity contribution in [3.8, 4) is 0 Å². The van der Waals surface area contributed by atoms with Crippen LogP contribution in [-0.4, -0.2) is 25.2 Å². The average Bonchev–Trinajstić information content (AvgIpc) is 3.00. The van der Waals surface area contributed by atoms with Crippen molar-refractivity contribution in [1.82, 2.24) is 0 Å².